The summed E-state index contributed by atoms with van der Waals surface area (Å²) in [6, 6.07) is 8.98. The third-order valence-electron chi connectivity index (χ3n) is 5.78. The molecule has 3 aromatic heterocycles. The van der Waals surface area contributed by atoms with Crippen molar-refractivity contribution in [2.24, 2.45) is 7.05 Å². The number of anilines is 1. The molecule has 0 radical (unpaired) electrons. The number of ether oxygens (including phenoxy) is 1. The third kappa shape index (κ3) is 3.44. The van der Waals surface area contributed by atoms with Crippen LogP contribution in [0.5, 0.6) is 5.75 Å². The van der Waals surface area contributed by atoms with Crippen LogP contribution >= 0.6 is 0 Å². The summed E-state index contributed by atoms with van der Waals surface area (Å²) in [6.45, 7) is 1.68. The highest BCUT2D eigenvalue weighted by Crippen LogP contribution is 2.37. The standard InChI is InChI=1S/C23H18F3N7O/c1-11-15-6-13(24)3-4-18(15)33-14(7-16(31-33)22(25)26)8-19-21(17(9-27)30-32(19)2)12-5-20(34-11)23(28)29-10-12/h3-7,10-11,22H,8H2,1-2H3,(H2,28,29)/t11-/m1/s1. The van der Waals surface area contributed by atoms with Crippen LogP contribution in [0, 0.1) is 17.1 Å². The number of benzene rings is 1. The fraction of sp³-hybridized carbons (Fsp3) is 0.217. The van der Waals surface area contributed by atoms with Crippen LogP contribution in [0.15, 0.2) is 36.5 Å². The molecule has 172 valence electrons. The molecule has 11 heteroatoms. The summed E-state index contributed by atoms with van der Waals surface area (Å²) >= 11 is 0. The number of rotatable bonds is 1. The van der Waals surface area contributed by atoms with Crippen molar-refractivity contribution in [1.82, 2.24) is 24.5 Å². The molecule has 0 spiro atoms. The normalized spacial score (nSPS) is 14.8. The van der Waals surface area contributed by atoms with Gasteiger partial charge in [0.1, 0.15) is 23.7 Å². The molecule has 5 rings (SSSR count). The van der Waals surface area contributed by atoms with Crippen molar-refractivity contribution < 1.29 is 17.9 Å². The Morgan fingerprint density at radius 2 is 2.03 bits per heavy atom. The molecule has 0 fully saturated rings. The molecule has 1 atom stereocenters. The highest BCUT2D eigenvalue weighted by atomic mass is 19.3. The first-order valence-corrected chi connectivity index (χ1v) is 10.3. The van der Waals surface area contributed by atoms with Crippen LogP contribution in [0.2, 0.25) is 0 Å². The molecule has 1 aliphatic heterocycles. The lowest BCUT2D eigenvalue weighted by Crippen LogP contribution is -2.14. The molecule has 0 aliphatic carbocycles. The van der Waals surface area contributed by atoms with Crippen LogP contribution in [0.1, 0.15) is 47.8 Å². The maximum Gasteiger partial charge on any atom is 0.282 e. The van der Waals surface area contributed by atoms with E-state index in [0.717, 1.165) is 0 Å². The van der Waals surface area contributed by atoms with Gasteiger partial charge in [-0.3, -0.25) is 4.68 Å². The molecule has 34 heavy (non-hydrogen) atoms. The Bertz CT molecular complexity index is 1470. The van der Waals surface area contributed by atoms with E-state index < -0.39 is 24.0 Å². The van der Waals surface area contributed by atoms with E-state index >= 15 is 0 Å². The van der Waals surface area contributed by atoms with Crippen LogP contribution in [-0.4, -0.2) is 24.5 Å². The molecule has 2 N–H and O–H groups in total. The van der Waals surface area contributed by atoms with Crippen molar-refractivity contribution in [3.63, 3.8) is 0 Å². The van der Waals surface area contributed by atoms with Crippen LogP contribution in [0.3, 0.4) is 0 Å². The summed E-state index contributed by atoms with van der Waals surface area (Å²) in [7, 11) is 1.66. The summed E-state index contributed by atoms with van der Waals surface area (Å²) in [5.74, 6) is -0.181. The molecule has 4 heterocycles. The first kappa shape index (κ1) is 21.5. The maximum absolute atomic E-state index is 14.2. The monoisotopic (exact) mass is 465 g/mol. The Balaban J connectivity index is 1.85. The van der Waals surface area contributed by atoms with E-state index in [0.29, 0.717) is 33.8 Å². The predicted octanol–water partition coefficient (Wildman–Crippen LogP) is 4.24. The van der Waals surface area contributed by atoms with Crippen molar-refractivity contribution in [1.29, 1.82) is 5.26 Å². The van der Waals surface area contributed by atoms with Gasteiger partial charge in [-0.05, 0) is 37.3 Å². The number of aryl methyl sites for hydroxylation is 1. The molecule has 0 saturated heterocycles. The van der Waals surface area contributed by atoms with Crippen molar-refractivity contribution in [2.45, 2.75) is 25.9 Å². The van der Waals surface area contributed by atoms with Gasteiger partial charge in [0.2, 0.25) is 0 Å². The average Bonchev–Trinajstić information content (AvgIpc) is 3.36. The number of pyridine rings is 1. The minimum Gasteiger partial charge on any atom is -0.482 e. The summed E-state index contributed by atoms with van der Waals surface area (Å²) in [6.07, 6.45) is -1.94. The van der Waals surface area contributed by atoms with E-state index in [4.69, 9.17) is 10.5 Å². The van der Waals surface area contributed by atoms with Crippen LogP contribution in [-0.2, 0) is 13.5 Å². The largest absolute Gasteiger partial charge is 0.482 e. The Morgan fingerprint density at radius 1 is 1.24 bits per heavy atom. The molecule has 2 bridgehead atoms. The first-order chi connectivity index (χ1) is 16.3. The lowest BCUT2D eigenvalue weighted by atomic mass is 10.0. The van der Waals surface area contributed by atoms with Gasteiger partial charge in [-0.1, -0.05) is 0 Å². The van der Waals surface area contributed by atoms with Crippen molar-refractivity contribution in [3.05, 3.63) is 70.7 Å². The molecule has 0 amide bonds. The van der Waals surface area contributed by atoms with Gasteiger partial charge < -0.3 is 10.5 Å². The van der Waals surface area contributed by atoms with Crippen molar-refractivity contribution in [2.75, 3.05) is 5.73 Å². The number of halogens is 3. The molecule has 0 unspecified atom stereocenters. The first-order valence-electron chi connectivity index (χ1n) is 10.3. The Morgan fingerprint density at radius 3 is 2.76 bits per heavy atom. The number of nitrogens with two attached hydrogens (primary N) is 1. The van der Waals surface area contributed by atoms with E-state index in [1.54, 1.807) is 20.0 Å². The number of hydrogen-bond acceptors (Lipinski definition) is 6. The van der Waals surface area contributed by atoms with Crippen LogP contribution in [0.4, 0.5) is 19.0 Å². The van der Waals surface area contributed by atoms with E-state index in [9.17, 15) is 18.4 Å². The topological polar surface area (TPSA) is 108 Å². The van der Waals surface area contributed by atoms with Crippen LogP contribution < -0.4 is 10.5 Å². The zero-order chi connectivity index (χ0) is 24.1. The summed E-state index contributed by atoms with van der Waals surface area (Å²) < 4.78 is 50.5. The van der Waals surface area contributed by atoms with Gasteiger partial charge in [-0.25, -0.2) is 22.8 Å². The zero-order valence-electron chi connectivity index (χ0n) is 18.1. The number of nitrogen functional groups attached to an aromatic ring is 1. The highest BCUT2D eigenvalue weighted by Gasteiger charge is 2.26. The highest BCUT2D eigenvalue weighted by molar-refractivity contribution is 5.74. The van der Waals surface area contributed by atoms with E-state index in [1.807, 2.05) is 0 Å². The molecule has 1 aliphatic rings. The molecular weight excluding hydrogens is 447 g/mol. The third-order valence-corrected chi connectivity index (χ3v) is 5.78. The minimum absolute atomic E-state index is 0.106. The van der Waals surface area contributed by atoms with E-state index in [2.05, 4.69) is 21.3 Å². The Labute approximate surface area is 192 Å². The van der Waals surface area contributed by atoms with Gasteiger partial charge in [0.15, 0.2) is 17.3 Å². The van der Waals surface area contributed by atoms with Gasteiger partial charge in [0.05, 0.1) is 17.1 Å². The number of fused-ring (bicyclic) bond motifs is 7. The summed E-state index contributed by atoms with van der Waals surface area (Å²) in [5.41, 5.74) is 8.52. The number of nitriles is 1. The maximum atomic E-state index is 14.2. The predicted molar refractivity (Wildman–Crippen MR) is 116 cm³/mol. The van der Waals surface area contributed by atoms with Crippen molar-refractivity contribution in [3.8, 4) is 28.6 Å². The number of alkyl halides is 2. The second kappa shape index (κ2) is 7.91. The Kier molecular flexibility index (Phi) is 5.01. The fourth-order valence-electron chi connectivity index (χ4n) is 4.18. The minimum atomic E-state index is -2.81. The lowest BCUT2D eigenvalue weighted by Gasteiger charge is -2.21. The molecule has 8 nitrogen and oxygen atoms in total. The molecule has 1 aromatic carbocycles. The van der Waals surface area contributed by atoms with Gasteiger partial charge in [-0.2, -0.15) is 15.5 Å². The number of aromatic nitrogens is 5. The second-order valence-corrected chi connectivity index (χ2v) is 7.93. The quantitative estimate of drug-likeness (QED) is 0.451. The average molecular weight is 465 g/mol. The fourth-order valence-corrected chi connectivity index (χ4v) is 4.18. The molecule has 0 saturated carbocycles. The Hall–Kier alpha value is -4.33. The number of nitrogens with zero attached hydrogens (tertiary/aromatic N) is 6. The zero-order valence-corrected chi connectivity index (χ0v) is 18.1. The van der Waals surface area contributed by atoms with E-state index in [-0.39, 0.29) is 23.7 Å². The molecule has 4 aromatic rings. The van der Waals surface area contributed by atoms with Gasteiger partial charge >= 0.3 is 0 Å². The SMILES string of the molecule is C[C@H]1Oc2cc(cnc2N)-c2c(C#N)nn(C)c2Cc2cc(C(F)F)nn2-c2ccc(F)cc21. The molecular formula is C23H18F3N7O. The van der Waals surface area contributed by atoms with Crippen molar-refractivity contribution >= 4 is 5.82 Å². The second-order valence-electron chi connectivity index (χ2n) is 7.93. The number of hydrogen-bond donors (Lipinski definition) is 1. The lowest BCUT2D eigenvalue weighted by molar-refractivity contribution is 0.145. The summed E-state index contributed by atoms with van der Waals surface area (Å²) in [4.78, 5) is 4.21. The van der Waals surface area contributed by atoms with E-state index in [1.165, 1.54) is 39.8 Å². The smallest absolute Gasteiger partial charge is 0.282 e. The van der Waals surface area contributed by atoms with Gasteiger partial charge in [-0.15, -0.1) is 0 Å². The van der Waals surface area contributed by atoms with Gasteiger partial charge in [0, 0.05) is 36.4 Å². The van der Waals surface area contributed by atoms with Gasteiger partial charge in [0.25, 0.3) is 6.43 Å². The summed E-state index contributed by atoms with van der Waals surface area (Å²) in [5, 5.41) is 18.1. The van der Waals surface area contributed by atoms with Crippen LogP contribution in [0.25, 0.3) is 16.8 Å².